The summed E-state index contributed by atoms with van der Waals surface area (Å²) in [5, 5.41) is 4.79. The van der Waals surface area contributed by atoms with Gasteiger partial charge in [0.2, 0.25) is 15.9 Å². The SMILES string of the molecule is CCc1cnc(CS(N)(=O)=O)o1. The fourth-order valence-corrected chi connectivity index (χ4v) is 1.23. The number of aryl methyl sites for hydroxylation is 1. The lowest BCUT2D eigenvalue weighted by atomic mass is 10.4. The van der Waals surface area contributed by atoms with Gasteiger partial charge in [-0.3, -0.25) is 0 Å². The first-order chi connectivity index (χ1) is 5.51. The number of nitrogens with two attached hydrogens (primary N) is 1. The highest BCUT2D eigenvalue weighted by Gasteiger charge is 2.09. The Labute approximate surface area is 70.6 Å². The number of nitrogens with zero attached hydrogens (tertiary/aromatic N) is 1. The highest BCUT2D eigenvalue weighted by atomic mass is 32.2. The molecule has 6 heteroatoms. The van der Waals surface area contributed by atoms with Gasteiger partial charge in [0.1, 0.15) is 11.5 Å². The molecule has 0 saturated carbocycles. The Kier molecular flexibility index (Phi) is 2.49. The maximum atomic E-state index is 10.6. The topological polar surface area (TPSA) is 86.2 Å². The van der Waals surface area contributed by atoms with Gasteiger partial charge in [0.25, 0.3) is 0 Å². The van der Waals surface area contributed by atoms with Gasteiger partial charge in [-0.25, -0.2) is 18.5 Å². The van der Waals surface area contributed by atoms with Crippen molar-refractivity contribution in [1.82, 2.24) is 4.98 Å². The van der Waals surface area contributed by atoms with Crippen LogP contribution in [0.2, 0.25) is 0 Å². The average molecular weight is 190 g/mol. The van der Waals surface area contributed by atoms with Crippen LogP contribution >= 0.6 is 0 Å². The Morgan fingerprint density at radius 1 is 1.67 bits per heavy atom. The van der Waals surface area contributed by atoms with Crippen LogP contribution in [0, 0.1) is 0 Å². The van der Waals surface area contributed by atoms with E-state index in [1.807, 2.05) is 6.92 Å². The van der Waals surface area contributed by atoms with Crippen molar-refractivity contribution in [2.75, 3.05) is 0 Å². The van der Waals surface area contributed by atoms with Crippen LogP contribution in [-0.2, 0) is 22.2 Å². The zero-order valence-corrected chi connectivity index (χ0v) is 7.47. The molecule has 0 radical (unpaired) electrons. The third kappa shape index (κ3) is 2.63. The van der Waals surface area contributed by atoms with Crippen LogP contribution in [0.3, 0.4) is 0 Å². The molecule has 0 spiro atoms. The molecule has 1 aromatic rings. The second-order valence-corrected chi connectivity index (χ2v) is 4.00. The minimum atomic E-state index is -3.53. The van der Waals surface area contributed by atoms with Crippen LogP contribution < -0.4 is 5.14 Å². The van der Waals surface area contributed by atoms with Crippen molar-refractivity contribution in [2.45, 2.75) is 19.1 Å². The summed E-state index contributed by atoms with van der Waals surface area (Å²) in [7, 11) is -3.53. The van der Waals surface area contributed by atoms with Gasteiger partial charge in [0, 0.05) is 6.42 Å². The molecular formula is C6H10N2O3S. The zero-order chi connectivity index (χ0) is 9.19. The maximum Gasteiger partial charge on any atom is 0.218 e. The van der Waals surface area contributed by atoms with Gasteiger partial charge in [-0.15, -0.1) is 0 Å². The Morgan fingerprint density at radius 3 is 2.75 bits per heavy atom. The number of primary sulfonamides is 1. The summed E-state index contributed by atoms with van der Waals surface area (Å²) in [6.07, 6.45) is 2.19. The molecule has 5 nitrogen and oxygen atoms in total. The molecule has 12 heavy (non-hydrogen) atoms. The number of hydrogen-bond donors (Lipinski definition) is 1. The Hall–Kier alpha value is -0.880. The lowest BCUT2D eigenvalue weighted by Crippen LogP contribution is -2.14. The van der Waals surface area contributed by atoms with E-state index in [9.17, 15) is 8.42 Å². The summed E-state index contributed by atoms with van der Waals surface area (Å²) in [5.74, 6) is 0.468. The van der Waals surface area contributed by atoms with E-state index < -0.39 is 10.0 Å². The molecule has 0 aliphatic heterocycles. The quantitative estimate of drug-likeness (QED) is 0.728. The summed E-state index contributed by atoms with van der Waals surface area (Å²) in [5.41, 5.74) is 0. The van der Waals surface area contributed by atoms with Gasteiger partial charge in [0.05, 0.1) is 6.20 Å². The van der Waals surface area contributed by atoms with E-state index in [4.69, 9.17) is 9.56 Å². The van der Waals surface area contributed by atoms with E-state index in [2.05, 4.69) is 4.98 Å². The predicted octanol–water partition coefficient (Wildman–Crippen LogP) is 0.0255. The minimum absolute atomic E-state index is 0.148. The maximum absolute atomic E-state index is 10.6. The normalized spacial score (nSPS) is 11.8. The molecule has 0 atom stereocenters. The first-order valence-corrected chi connectivity index (χ1v) is 5.17. The smallest absolute Gasteiger partial charge is 0.218 e. The Bertz CT molecular complexity index is 355. The average Bonchev–Trinajstić information content (AvgIpc) is 2.32. The summed E-state index contributed by atoms with van der Waals surface area (Å²) >= 11 is 0. The number of sulfonamides is 1. The van der Waals surface area contributed by atoms with Crippen molar-refractivity contribution in [1.29, 1.82) is 0 Å². The van der Waals surface area contributed by atoms with Crippen LogP contribution in [0.4, 0.5) is 0 Å². The zero-order valence-electron chi connectivity index (χ0n) is 6.65. The van der Waals surface area contributed by atoms with Gasteiger partial charge in [-0.05, 0) is 0 Å². The van der Waals surface area contributed by atoms with Crippen molar-refractivity contribution in [3.05, 3.63) is 17.8 Å². The predicted molar refractivity (Wildman–Crippen MR) is 42.7 cm³/mol. The van der Waals surface area contributed by atoms with Gasteiger partial charge in [0.15, 0.2) is 0 Å². The van der Waals surface area contributed by atoms with Crippen molar-refractivity contribution in [3.63, 3.8) is 0 Å². The molecule has 0 amide bonds. The molecule has 1 rings (SSSR count). The van der Waals surface area contributed by atoms with Crippen LogP contribution in [-0.4, -0.2) is 13.4 Å². The van der Waals surface area contributed by atoms with Crippen LogP contribution in [0.15, 0.2) is 10.6 Å². The monoisotopic (exact) mass is 190 g/mol. The first-order valence-electron chi connectivity index (χ1n) is 3.45. The number of hydrogen-bond acceptors (Lipinski definition) is 4. The Balaban J connectivity index is 2.78. The molecule has 2 N–H and O–H groups in total. The van der Waals surface area contributed by atoms with E-state index in [-0.39, 0.29) is 11.6 Å². The first kappa shape index (κ1) is 9.21. The van der Waals surface area contributed by atoms with E-state index in [0.717, 1.165) is 0 Å². The van der Waals surface area contributed by atoms with Crippen molar-refractivity contribution >= 4 is 10.0 Å². The van der Waals surface area contributed by atoms with Crippen molar-refractivity contribution in [2.24, 2.45) is 5.14 Å². The summed E-state index contributed by atoms with van der Waals surface area (Å²) in [6.45, 7) is 1.89. The summed E-state index contributed by atoms with van der Waals surface area (Å²) in [6, 6.07) is 0. The highest BCUT2D eigenvalue weighted by molar-refractivity contribution is 7.88. The fraction of sp³-hybridized carbons (Fsp3) is 0.500. The van der Waals surface area contributed by atoms with Crippen LogP contribution in [0.1, 0.15) is 18.6 Å². The summed E-state index contributed by atoms with van der Waals surface area (Å²) in [4.78, 5) is 3.75. The van der Waals surface area contributed by atoms with Gasteiger partial charge >= 0.3 is 0 Å². The molecule has 0 aromatic carbocycles. The molecule has 0 bridgehead atoms. The van der Waals surface area contributed by atoms with Crippen LogP contribution in [0.5, 0.6) is 0 Å². The Morgan fingerprint density at radius 2 is 2.33 bits per heavy atom. The third-order valence-electron chi connectivity index (χ3n) is 1.27. The van der Waals surface area contributed by atoms with Crippen molar-refractivity contribution in [3.8, 4) is 0 Å². The molecule has 0 fully saturated rings. The third-order valence-corrected chi connectivity index (χ3v) is 1.92. The molecule has 1 aromatic heterocycles. The molecule has 1 heterocycles. The standard InChI is InChI=1S/C6H10N2O3S/c1-2-5-3-8-6(11-5)4-12(7,9)10/h3H,2,4H2,1H3,(H2,7,9,10). The molecule has 0 saturated heterocycles. The van der Waals surface area contributed by atoms with Crippen LogP contribution in [0.25, 0.3) is 0 Å². The number of aromatic nitrogens is 1. The van der Waals surface area contributed by atoms with E-state index in [1.54, 1.807) is 0 Å². The summed E-state index contributed by atoms with van der Waals surface area (Å²) < 4.78 is 26.2. The molecule has 68 valence electrons. The largest absolute Gasteiger partial charge is 0.445 e. The van der Waals surface area contributed by atoms with E-state index >= 15 is 0 Å². The lowest BCUT2D eigenvalue weighted by molar-refractivity contribution is 0.471. The number of rotatable bonds is 3. The minimum Gasteiger partial charge on any atom is -0.445 e. The molecule has 0 aliphatic rings. The molecular weight excluding hydrogens is 180 g/mol. The second-order valence-electron chi connectivity index (χ2n) is 2.38. The van der Waals surface area contributed by atoms with E-state index in [1.165, 1.54) is 6.20 Å². The van der Waals surface area contributed by atoms with E-state index in [0.29, 0.717) is 12.2 Å². The fourth-order valence-electron chi connectivity index (χ4n) is 0.750. The van der Waals surface area contributed by atoms with Gasteiger partial charge in [-0.2, -0.15) is 0 Å². The highest BCUT2D eigenvalue weighted by Crippen LogP contribution is 2.05. The van der Waals surface area contributed by atoms with Gasteiger partial charge < -0.3 is 4.42 Å². The number of oxazole rings is 1. The van der Waals surface area contributed by atoms with Crippen molar-refractivity contribution < 1.29 is 12.8 Å². The lowest BCUT2D eigenvalue weighted by Gasteiger charge is -1.91. The molecule has 0 aliphatic carbocycles. The van der Waals surface area contributed by atoms with Gasteiger partial charge in [-0.1, -0.05) is 6.92 Å². The molecule has 0 unspecified atom stereocenters. The second kappa shape index (κ2) is 3.24.